The molecule has 0 radical (unpaired) electrons. The predicted molar refractivity (Wildman–Crippen MR) is 84.4 cm³/mol. The van der Waals surface area contributed by atoms with E-state index in [0.29, 0.717) is 21.3 Å². The molecule has 0 aliphatic heterocycles. The van der Waals surface area contributed by atoms with Crippen LogP contribution in [0.4, 0.5) is 5.69 Å². The molecule has 0 saturated heterocycles. The zero-order valence-electron chi connectivity index (χ0n) is 11.3. The first-order valence-corrected chi connectivity index (χ1v) is 6.89. The van der Waals surface area contributed by atoms with Gasteiger partial charge < -0.3 is 15.8 Å². The van der Waals surface area contributed by atoms with Gasteiger partial charge in [-0.2, -0.15) is 0 Å². The SMILES string of the molecule is COC(Nc1c(Cl)cccc1Cl)(C(N)=O)c1ccccc1. The smallest absolute Gasteiger partial charge is 0.275 e. The van der Waals surface area contributed by atoms with E-state index in [-0.39, 0.29) is 0 Å². The minimum atomic E-state index is -1.56. The normalized spacial score (nSPS) is 13.5. The topological polar surface area (TPSA) is 64.3 Å². The number of methoxy groups -OCH3 is 1. The fourth-order valence-electron chi connectivity index (χ4n) is 2.01. The second-order valence-corrected chi connectivity index (χ2v) is 5.15. The summed E-state index contributed by atoms with van der Waals surface area (Å²) in [6.45, 7) is 0. The molecule has 0 heterocycles. The Labute approximate surface area is 132 Å². The van der Waals surface area contributed by atoms with Crippen LogP contribution in [0.3, 0.4) is 0 Å². The zero-order valence-corrected chi connectivity index (χ0v) is 12.8. The van der Waals surface area contributed by atoms with Gasteiger partial charge in [-0.1, -0.05) is 59.6 Å². The Morgan fingerprint density at radius 2 is 1.67 bits per heavy atom. The second kappa shape index (κ2) is 6.35. The summed E-state index contributed by atoms with van der Waals surface area (Å²) in [4.78, 5) is 12.0. The third-order valence-corrected chi connectivity index (χ3v) is 3.73. The molecule has 0 bridgehead atoms. The van der Waals surface area contributed by atoms with Gasteiger partial charge in [0.2, 0.25) is 5.72 Å². The summed E-state index contributed by atoms with van der Waals surface area (Å²) in [5, 5.41) is 3.66. The third-order valence-electron chi connectivity index (χ3n) is 3.10. The van der Waals surface area contributed by atoms with Crippen molar-refractivity contribution in [1.29, 1.82) is 0 Å². The van der Waals surface area contributed by atoms with Gasteiger partial charge in [0, 0.05) is 12.7 Å². The zero-order chi connectivity index (χ0) is 15.5. The van der Waals surface area contributed by atoms with Crippen molar-refractivity contribution in [2.24, 2.45) is 5.73 Å². The third kappa shape index (κ3) is 2.97. The monoisotopic (exact) mass is 324 g/mol. The van der Waals surface area contributed by atoms with Gasteiger partial charge in [0.15, 0.2) is 0 Å². The summed E-state index contributed by atoms with van der Waals surface area (Å²) in [6.07, 6.45) is 0. The summed E-state index contributed by atoms with van der Waals surface area (Å²) < 4.78 is 5.40. The van der Waals surface area contributed by atoms with Crippen molar-refractivity contribution in [2.45, 2.75) is 5.72 Å². The Balaban J connectivity index is 2.55. The van der Waals surface area contributed by atoms with E-state index in [1.165, 1.54) is 7.11 Å². The summed E-state index contributed by atoms with van der Waals surface area (Å²) in [5.74, 6) is -0.702. The number of ether oxygens (including phenoxy) is 1. The lowest BCUT2D eigenvalue weighted by atomic mass is 10.0. The number of halogens is 2. The molecule has 4 nitrogen and oxygen atoms in total. The number of hydrogen-bond acceptors (Lipinski definition) is 3. The van der Waals surface area contributed by atoms with E-state index in [1.54, 1.807) is 42.5 Å². The largest absolute Gasteiger partial charge is 0.365 e. The number of carbonyl (C=O) groups excluding carboxylic acids is 1. The molecule has 1 amide bonds. The molecular formula is C15H14Cl2N2O2. The quantitative estimate of drug-likeness (QED) is 0.828. The molecule has 2 aromatic rings. The summed E-state index contributed by atoms with van der Waals surface area (Å²) in [6, 6.07) is 13.9. The molecule has 3 N–H and O–H groups in total. The Kier molecular flexibility index (Phi) is 4.73. The highest BCUT2D eigenvalue weighted by Gasteiger charge is 2.39. The summed E-state index contributed by atoms with van der Waals surface area (Å²) in [5.41, 5.74) is 4.92. The van der Waals surface area contributed by atoms with E-state index >= 15 is 0 Å². The van der Waals surface area contributed by atoms with Crippen LogP contribution in [-0.2, 0) is 15.3 Å². The molecule has 0 aliphatic rings. The van der Waals surface area contributed by atoms with Crippen molar-refractivity contribution in [3.05, 3.63) is 64.1 Å². The molecule has 1 atom stereocenters. The van der Waals surface area contributed by atoms with Crippen LogP contribution in [0.15, 0.2) is 48.5 Å². The molecule has 6 heteroatoms. The van der Waals surface area contributed by atoms with Crippen molar-refractivity contribution in [2.75, 3.05) is 12.4 Å². The second-order valence-electron chi connectivity index (χ2n) is 4.34. The highest BCUT2D eigenvalue weighted by Crippen LogP contribution is 2.35. The standard InChI is InChI=1S/C15H14Cl2N2O2/c1-21-15(14(18)20,10-6-3-2-4-7-10)19-13-11(16)8-5-9-12(13)17/h2-9,19H,1H3,(H2,18,20). The van der Waals surface area contributed by atoms with Crippen LogP contribution < -0.4 is 11.1 Å². The molecule has 110 valence electrons. The van der Waals surface area contributed by atoms with Crippen LogP contribution in [0.5, 0.6) is 0 Å². The molecule has 0 saturated carbocycles. The van der Waals surface area contributed by atoms with Gasteiger partial charge >= 0.3 is 0 Å². The lowest BCUT2D eigenvalue weighted by molar-refractivity contribution is -0.137. The average Bonchev–Trinajstić information content (AvgIpc) is 2.48. The minimum absolute atomic E-state index is 0.362. The van der Waals surface area contributed by atoms with E-state index < -0.39 is 11.6 Å². The lowest BCUT2D eigenvalue weighted by Crippen LogP contribution is -2.49. The molecule has 1 unspecified atom stereocenters. The molecule has 0 aliphatic carbocycles. The number of benzene rings is 2. The lowest BCUT2D eigenvalue weighted by Gasteiger charge is -2.32. The van der Waals surface area contributed by atoms with Gasteiger partial charge in [-0.05, 0) is 12.1 Å². The molecule has 2 rings (SSSR count). The van der Waals surface area contributed by atoms with Gasteiger partial charge in [0.1, 0.15) is 0 Å². The van der Waals surface area contributed by atoms with Crippen LogP contribution in [0.1, 0.15) is 5.56 Å². The fraction of sp³-hybridized carbons (Fsp3) is 0.133. The summed E-state index contributed by atoms with van der Waals surface area (Å²) in [7, 11) is 1.38. The molecule has 0 spiro atoms. The average molecular weight is 325 g/mol. The van der Waals surface area contributed by atoms with Gasteiger partial charge in [0.05, 0.1) is 15.7 Å². The Morgan fingerprint density at radius 3 is 2.14 bits per heavy atom. The van der Waals surface area contributed by atoms with Crippen molar-refractivity contribution in [1.82, 2.24) is 0 Å². The van der Waals surface area contributed by atoms with Crippen LogP contribution >= 0.6 is 23.2 Å². The number of rotatable bonds is 5. The highest BCUT2D eigenvalue weighted by molar-refractivity contribution is 6.39. The van der Waals surface area contributed by atoms with E-state index in [0.717, 1.165) is 0 Å². The first kappa shape index (κ1) is 15.6. The van der Waals surface area contributed by atoms with Crippen LogP contribution in [0.25, 0.3) is 0 Å². The molecule has 0 fully saturated rings. The van der Waals surface area contributed by atoms with Crippen molar-refractivity contribution in [3.8, 4) is 0 Å². The van der Waals surface area contributed by atoms with E-state index in [4.69, 9.17) is 33.7 Å². The summed E-state index contributed by atoms with van der Waals surface area (Å²) >= 11 is 12.3. The van der Waals surface area contributed by atoms with Gasteiger partial charge in [-0.25, -0.2) is 0 Å². The maximum atomic E-state index is 12.0. The van der Waals surface area contributed by atoms with Gasteiger partial charge in [0.25, 0.3) is 5.91 Å². The van der Waals surface area contributed by atoms with Crippen LogP contribution in [0.2, 0.25) is 10.0 Å². The highest BCUT2D eigenvalue weighted by atomic mass is 35.5. The van der Waals surface area contributed by atoms with Crippen molar-refractivity contribution < 1.29 is 9.53 Å². The fourth-order valence-corrected chi connectivity index (χ4v) is 2.50. The number of para-hydroxylation sites is 1. The Bertz CT molecular complexity index is 629. The molecule has 21 heavy (non-hydrogen) atoms. The van der Waals surface area contributed by atoms with Crippen molar-refractivity contribution in [3.63, 3.8) is 0 Å². The number of nitrogens with two attached hydrogens (primary N) is 1. The first-order chi connectivity index (χ1) is 10.0. The number of hydrogen-bond donors (Lipinski definition) is 2. The van der Waals surface area contributed by atoms with Gasteiger partial charge in [-0.15, -0.1) is 0 Å². The maximum Gasteiger partial charge on any atom is 0.275 e. The molecule has 2 aromatic carbocycles. The van der Waals surface area contributed by atoms with E-state index in [2.05, 4.69) is 5.32 Å². The van der Waals surface area contributed by atoms with Crippen LogP contribution in [-0.4, -0.2) is 13.0 Å². The molecule has 0 aromatic heterocycles. The predicted octanol–water partition coefficient (Wildman–Crippen LogP) is 3.39. The van der Waals surface area contributed by atoms with E-state index in [9.17, 15) is 4.79 Å². The minimum Gasteiger partial charge on any atom is -0.365 e. The number of primary amides is 1. The number of carbonyl (C=O) groups is 1. The number of nitrogens with one attached hydrogen (secondary N) is 1. The number of amides is 1. The number of anilines is 1. The van der Waals surface area contributed by atoms with E-state index in [1.807, 2.05) is 6.07 Å². The Morgan fingerprint density at radius 1 is 1.10 bits per heavy atom. The molecular weight excluding hydrogens is 311 g/mol. The van der Waals surface area contributed by atoms with Crippen molar-refractivity contribution >= 4 is 34.8 Å². The Hall–Kier alpha value is -1.75. The van der Waals surface area contributed by atoms with Crippen LogP contribution in [0, 0.1) is 0 Å². The first-order valence-electron chi connectivity index (χ1n) is 6.14. The van der Waals surface area contributed by atoms with Gasteiger partial charge in [-0.3, -0.25) is 4.79 Å². The maximum absolute atomic E-state index is 12.0.